The Morgan fingerprint density at radius 1 is 1.04 bits per heavy atom. The molecular weight excluding hydrogens is 375 g/mol. The Bertz CT molecular complexity index is 931. The van der Waals surface area contributed by atoms with Crippen LogP contribution >= 0.6 is 0 Å². The highest BCUT2D eigenvalue weighted by molar-refractivity contribution is 7.92. The molecule has 0 aliphatic rings. The molecular formula is C18H21FN2O5S. The molecule has 0 heterocycles. The molecule has 7 nitrogen and oxygen atoms in total. The molecule has 0 saturated carbocycles. The number of rotatable bonds is 8. The van der Waals surface area contributed by atoms with E-state index in [0.717, 1.165) is 6.07 Å². The number of hydrogen-bond donors (Lipinski definition) is 2. The summed E-state index contributed by atoms with van der Waals surface area (Å²) in [4.78, 5) is 11.1. The van der Waals surface area contributed by atoms with Crippen molar-refractivity contribution in [2.45, 2.75) is 25.7 Å². The zero-order chi connectivity index (χ0) is 20.0. The summed E-state index contributed by atoms with van der Waals surface area (Å²) in [7, 11) is -3.96. The lowest BCUT2D eigenvalue weighted by atomic mass is 10.2. The highest BCUT2D eigenvalue weighted by atomic mass is 32.2. The quantitative estimate of drug-likeness (QED) is 0.713. The predicted molar refractivity (Wildman–Crippen MR) is 100 cm³/mol. The largest absolute Gasteiger partial charge is 0.490 e. The van der Waals surface area contributed by atoms with E-state index in [2.05, 4.69) is 10.0 Å². The van der Waals surface area contributed by atoms with E-state index in [1.54, 1.807) is 6.92 Å². The average molecular weight is 396 g/mol. The highest BCUT2D eigenvalue weighted by Crippen LogP contribution is 2.31. The fourth-order valence-electron chi connectivity index (χ4n) is 2.29. The second-order valence-electron chi connectivity index (χ2n) is 5.46. The number of benzene rings is 2. The van der Waals surface area contributed by atoms with Gasteiger partial charge in [0.2, 0.25) is 5.91 Å². The van der Waals surface area contributed by atoms with Crippen molar-refractivity contribution in [3.63, 3.8) is 0 Å². The number of halogens is 1. The molecule has 0 aliphatic heterocycles. The normalized spacial score (nSPS) is 11.0. The molecule has 146 valence electrons. The third-order valence-electron chi connectivity index (χ3n) is 3.35. The van der Waals surface area contributed by atoms with Crippen molar-refractivity contribution in [2.75, 3.05) is 23.3 Å². The zero-order valence-corrected chi connectivity index (χ0v) is 16.0. The Kier molecular flexibility index (Phi) is 6.62. The summed E-state index contributed by atoms with van der Waals surface area (Å²) in [6.45, 7) is 5.56. The molecule has 1 amide bonds. The van der Waals surface area contributed by atoms with E-state index in [1.165, 1.54) is 37.3 Å². The van der Waals surface area contributed by atoms with Gasteiger partial charge in [-0.1, -0.05) is 0 Å². The summed E-state index contributed by atoms with van der Waals surface area (Å²) < 4.78 is 52.2. The van der Waals surface area contributed by atoms with E-state index in [-0.39, 0.29) is 16.3 Å². The van der Waals surface area contributed by atoms with Gasteiger partial charge in [0.25, 0.3) is 10.0 Å². The Balaban J connectivity index is 2.33. The minimum atomic E-state index is -3.96. The molecule has 0 aromatic heterocycles. The lowest BCUT2D eigenvalue weighted by molar-refractivity contribution is -0.114. The van der Waals surface area contributed by atoms with Crippen molar-refractivity contribution in [3.05, 3.63) is 42.2 Å². The van der Waals surface area contributed by atoms with Crippen molar-refractivity contribution in [2.24, 2.45) is 0 Å². The van der Waals surface area contributed by atoms with Gasteiger partial charge in [0, 0.05) is 13.0 Å². The standard InChI is InChI=1S/C18H21FN2O5S/c1-4-25-17-9-7-14(11-18(17)26-5-2)27(23,24)21-13-6-8-15(19)16(10-13)20-12(3)22/h6-11,21H,4-5H2,1-3H3,(H,20,22). The summed E-state index contributed by atoms with van der Waals surface area (Å²) in [5.74, 6) is -0.400. The number of carbonyl (C=O) groups is 1. The third-order valence-corrected chi connectivity index (χ3v) is 4.73. The lowest BCUT2D eigenvalue weighted by Gasteiger charge is -2.14. The highest BCUT2D eigenvalue weighted by Gasteiger charge is 2.18. The van der Waals surface area contributed by atoms with Gasteiger partial charge in [-0.15, -0.1) is 0 Å². The molecule has 0 spiro atoms. The number of amides is 1. The lowest BCUT2D eigenvalue weighted by Crippen LogP contribution is -2.14. The van der Waals surface area contributed by atoms with Crippen molar-refractivity contribution < 1.29 is 27.1 Å². The first-order valence-corrected chi connectivity index (χ1v) is 9.74. The molecule has 0 aliphatic carbocycles. The topological polar surface area (TPSA) is 93.7 Å². The summed E-state index contributed by atoms with van der Waals surface area (Å²) >= 11 is 0. The van der Waals surface area contributed by atoms with Crippen LogP contribution in [0.15, 0.2) is 41.3 Å². The van der Waals surface area contributed by atoms with Crippen LogP contribution in [0.3, 0.4) is 0 Å². The minimum Gasteiger partial charge on any atom is -0.490 e. The van der Waals surface area contributed by atoms with E-state index in [1.807, 2.05) is 6.92 Å². The molecule has 0 bridgehead atoms. The van der Waals surface area contributed by atoms with Gasteiger partial charge in [-0.05, 0) is 44.2 Å². The van der Waals surface area contributed by atoms with Crippen molar-refractivity contribution >= 4 is 27.3 Å². The first-order chi connectivity index (χ1) is 12.8. The van der Waals surface area contributed by atoms with E-state index < -0.39 is 21.7 Å². The second-order valence-corrected chi connectivity index (χ2v) is 7.14. The van der Waals surface area contributed by atoms with E-state index in [0.29, 0.717) is 24.7 Å². The molecule has 0 unspecified atom stereocenters. The van der Waals surface area contributed by atoms with Crippen molar-refractivity contribution in [3.8, 4) is 11.5 Å². The van der Waals surface area contributed by atoms with Crippen LogP contribution in [0.5, 0.6) is 11.5 Å². The summed E-state index contributed by atoms with van der Waals surface area (Å²) in [5, 5.41) is 2.30. The second kappa shape index (κ2) is 8.72. The molecule has 0 saturated heterocycles. The summed E-state index contributed by atoms with van der Waals surface area (Å²) in [6, 6.07) is 7.77. The van der Waals surface area contributed by atoms with Gasteiger partial charge < -0.3 is 14.8 Å². The molecule has 0 radical (unpaired) electrons. The fraction of sp³-hybridized carbons (Fsp3) is 0.278. The predicted octanol–water partition coefficient (Wildman–Crippen LogP) is 3.38. The molecule has 9 heteroatoms. The fourth-order valence-corrected chi connectivity index (χ4v) is 3.35. The number of sulfonamides is 1. The van der Waals surface area contributed by atoms with Crippen molar-refractivity contribution in [1.29, 1.82) is 0 Å². The van der Waals surface area contributed by atoms with Crippen LogP contribution in [0.1, 0.15) is 20.8 Å². The molecule has 2 aromatic carbocycles. The number of nitrogens with one attached hydrogen (secondary N) is 2. The maximum atomic E-state index is 13.7. The average Bonchev–Trinajstić information content (AvgIpc) is 2.59. The monoisotopic (exact) mass is 396 g/mol. The molecule has 2 aromatic rings. The Morgan fingerprint density at radius 3 is 2.33 bits per heavy atom. The first-order valence-electron chi connectivity index (χ1n) is 8.26. The van der Waals surface area contributed by atoms with Crippen LogP contribution < -0.4 is 19.5 Å². The van der Waals surface area contributed by atoms with Gasteiger partial charge in [-0.3, -0.25) is 9.52 Å². The summed E-state index contributed by atoms with van der Waals surface area (Å²) in [5.41, 5.74) is -0.0172. The van der Waals surface area contributed by atoms with Crippen LogP contribution in [0.2, 0.25) is 0 Å². The van der Waals surface area contributed by atoms with Gasteiger partial charge in [-0.25, -0.2) is 12.8 Å². The van der Waals surface area contributed by atoms with Crippen LogP contribution in [0.25, 0.3) is 0 Å². The molecule has 2 rings (SSSR count). The van der Waals surface area contributed by atoms with Gasteiger partial charge in [0.05, 0.1) is 29.5 Å². The minimum absolute atomic E-state index is 0.0418. The maximum Gasteiger partial charge on any atom is 0.262 e. The van der Waals surface area contributed by atoms with Gasteiger partial charge in [-0.2, -0.15) is 0 Å². The smallest absolute Gasteiger partial charge is 0.262 e. The van der Waals surface area contributed by atoms with Crippen molar-refractivity contribution in [1.82, 2.24) is 0 Å². The Labute approximate surface area is 157 Å². The number of carbonyl (C=O) groups excluding carboxylic acids is 1. The number of anilines is 2. The van der Waals surface area contributed by atoms with Gasteiger partial charge in [0.1, 0.15) is 5.82 Å². The molecule has 2 N–H and O–H groups in total. The zero-order valence-electron chi connectivity index (χ0n) is 15.2. The third kappa shape index (κ3) is 5.33. The molecule has 0 fully saturated rings. The molecule has 0 atom stereocenters. The SMILES string of the molecule is CCOc1ccc(S(=O)(=O)Nc2ccc(F)c(NC(C)=O)c2)cc1OCC. The first kappa shape index (κ1) is 20.5. The van der Waals surface area contributed by atoms with E-state index in [9.17, 15) is 17.6 Å². The Morgan fingerprint density at radius 2 is 1.70 bits per heavy atom. The van der Waals surface area contributed by atoms with Gasteiger partial charge in [0.15, 0.2) is 11.5 Å². The molecule has 27 heavy (non-hydrogen) atoms. The van der Waals surface area contributed by atoms with E-state index >= 15 is 0 Å². The van der Waals surface area contributed by atoms with Crippen LogP contribution in [-0.4, -0.2) is 27.5 Å². The van der Waals surface area contributed by atoms with Crippen LogP contribution in [0.4, 0.5) is 15.8 Å². The van der Waals surface area contributed by atoms with Gasteiger partial charge >= 0.3 is 0 Å². The summed E-state index contributed by atoms with van der Waals surface area (Å²) in [6.07, 6.45) is 0. The number of hydrogen-bond acceptors (Lipinski definition) is 5. The van der Waals surface area contributed by atoms with Crippen LogP contribution in [-0.2, 0) is 14.8 Å². The van der Waals surface area contributed by atoms with E-state index in [4.69, 9.17) is 9.47 Å². The maximum absolute atomic E-state index is 13.7. The Hall–Kier alpha value is -2.81. The number of ether oxygens (including phenoxy) is 2. The van der Waals surface area contributed by atoms with Crippen LogP contribution in [0, 0.1) is 5.82 Å².